The monoisotopic (exact) mass is 292 g/mol. The van der Waals surface area contributed by atoms with Crippen molar-refractivity contribution < 1.29 is 15.6 Å². The molecular weight excluding hydrogens is 268 g/mol. The maximum atomic E-state index is 10.4. The summed E-state index contributed by atoms with van der Waals surface area (Å²) < 4.78 is 0. The lowest BCUT2D eigenvalue weighted by molar-refractivity contribution is -0.425. The van der Waals surface area contributed by atoms with Crippen molar-refractivity contribution in [1.82, 2.24) is 5.01 Å². The summed E-state index contributed by atoms with van der Waals surface area (Å²) in [5, 5.41) is 19.6. The van der Waals surface area contributed by atoms with Gasteiger partial charge in [0, 0.05) is 14.1 Å². The third kappa shape index (κ3) is 7.41. The second kappa shape index (κ2) is 9.07. The van der Waals surface area contributed by atoms with Crippen LogP contribution in [0.2, 0.25) is 0 Å². The molecule has 1 saturated carbocycles. The molecule has 1 aromatic rings. The molecule has 1 aliphatic rings. The van der Waals surface area contributed by atoms with E-state index in [9.17, 15) is 9.90 Å². The number of carboxylic acid groups (broad SMARTS) is 1. The summed E-state index contributed by atoms with van der Waals surface area (Å²) in [6.45, 7) is 0. The van der Waals surface area contributed by atoms with Crippen molar-refractivity contribution in [2.24, 2.45) is 10.3 Å². The summed E-state index contributed by atoms with van der Waals surface area (Å²) in [6.07, 6.45) is 7.05. The Hall–Kier alpha value is -1.95. The van der Waals surface area contributed by atoms with E-state index in [4.69, 9.17) is 0 Å². The van der Waals surface area contributed by atoms with Crippen LogP contribution in [0.25, 0.3) is 0 Å². The first kappa shape index (κ1) is 17.1. The first-order chi connectivity index (χ1) is 9.99. The molecule has 0 unspecified atom stereocenters. The molecule has 1 aliphatic carbocycles. The molecule has 0 radical (unpaired) electrons. The van der Waals surface area contributed by atoms with E-state index in [0.29, 0.717) is 5.69 Å². The average molecular weight is 292 g/mol. The van der Waals surface area contributed by atoms with Gasteiger partial charge >= 0.3 is 0 Å². The van der Waals surface area contributed by atoms with Crippen LogP contribution in [0.1, 0.15) is 42.5 Å². The number of carbonyl (C=O) groups excluding carboxylic acids is 1. The van der Waals surface area contributed by atoms with Gasteiger partial charge in [-0.15, -0.1) is 5.11 Å². The molecule has 0 bridgehead atoms. The van der Waals surface area contributed by atoms with E-state index in [-0.39, 0.29) is 5.56 Å². The van der Waals surface area contributed by atoms with Crippen molar-refractivity contribution in [2.75, 3.05) is 14.1 Å². The average Bonchev–Trinajstić information content (AvgIpc) is 2.47. The van der Waals surface area contributed by atoms with E-state index in [0.717, 1.165) is 6.04 Å². The summed E-state index contributed by atoms with van der Waals surface area (Å²) in [4.78, 5) is 10.4. The molecule has 21 heavy (non-hydrogen) atoms. The molecule has 0 aromatic heterocycles. The van der Waals surface area contributed by atoms with Crippen LogP contribution in [0.15, 0.2) is 34.6 Å². The van der Waals surface area contributed by atoms with Crippen LogP contribution in [0.4, 0.5) is 5.69 Å². The Balaban J connectivity index is 0.000000262. The van der Waals surface area contributed by atoms with Crippen molar-refractivity contribution in [1.29, 1.82) is 0 Å². The minimum absolute atomic E-state index is 0.133. The molecule has 0 amide bonds. The Bertz CT molecular complexity index is 451. The lowest BCUT2D eigenvalue weighted by Gasteiger charge is -2.12. The van der Waals surface area contributed by atoms with Crippen LogP contribution < -0.4 is 10.8 Å². The van der Waals surface area contributed by atoms with Gasteiger partial charge in [0.2, 0.25) is 0 Å². The van der Waals surface area contributed by atoms with Crippen LogP contribution in [0.5, 0.6) is 0 Å². The lowest BCUT2D eigenvalue weighted by Crippen LogP contribution is -2.61. The van der Waals surface area contributed by atoms with Crippen molar-refractivity contribution in [2.45, 2.75) is 38.1 Å². The number of quaternary nitrogens is 1. The Morgan fingerprint density at radius 1 is 1.19 bits per heavy atom. The number of carboxylic acids is 1. The Morgan fingerprint density at radius 2 is 1.76 bits per heavy atom. The van der Waals surface area contributed by atoms with Crippen molar-refractivity contribution in [3.05, 3.63) is 29.8 Å². The summed E-state index contributed by atoms with van der Waals surface area (Å²) in [5.74, 6) is -1.19. The summed E-state index contributed by atoms with van der Waals surface area (Å²) in [5.41, 5.74) is 4.73. The highest BCUT2D eigenvalue weighted by atomic mass is 16.4. The molecule has 0 atom stereocenters. The minimum Gasteiger partial charge on any atom is -0.545 e. The Labute approximate surface area is 125 Å². The fourth-order valence-electron chi connectivity index (χ4n) is 1.99. The van der Waals surface area contributed by atoms with Gasteiger partial charge in [0.1, 0.15) is 0 Å². The van der Waals surface area contributed by atoms with Crippen LogP contribution in [-0.2, 0) is 0 Å². The molecule has 6 heteroatoms. The third-order valence-corrected chi connectivity index (χ3v) is 3.17. The largest absolute Gasteiger partial charge is 0.545 e. The Morgan fingerprint density at radius 3 is 2.14 bits per heavy atom. The molecule has 6 nitrogen and oxygen atoms in total. The molecule has 1 fully saturated rings. The molecule has 3 N–H and O–H groups in total. The van der Waals surface area contributed by atoms with Gasteiger partial charge in [-0.05, 0) is 43.4 Å². The first-order valence-electron chi connectivity index (χ1n) is 7.22. The SMILES string of the molecule is CN(C)N=Nc1ccc(C(=O)[O-])cc1.[NH3+]C1CCCCC1. The molecule has 0 saturated heterocycles. The van der Waals surface area contributed by atoms with Crippen LogP contribution >= 0.6 is 0 Å². The van der Waals surface area contributed by atoms with E-state index in [1.165, 1.54) is 44.2 Å². The maximum Gasteiger partial charge on any atom is 0.0874 e. The fourth-order valence-corrected chi connectivity index (χ4v) is 1.99. The summed E-state index contributed by atoms with van der Waals surface area (Å²) in [7, 11) is 3.50. The normalized spacial score (nSPS) is 15.4. The number of rotatable bonds is 3. The zero-order chi connectivity index (χ0) is 15.7. The van der Waals surface area contributed by atoms with Gasteiger partial charge in [-0.2, -0.15) is 0 Å². The van der Waals surface area contributed by atoms with Gasteiger partial charge in [0.15, 0.2) is 0 Å². The predicted octanol–water partition coefficient (Wildman–Crippen LogP) is 1.17. The summed E-state index contributed by atoms with van der Waals surface area (Å²) in [6, 6.07) is 6.78. The molecule has 0 spiro atoms. The standard InChI is InChI=1S/C9H11N3O2.C6H13N/c1-12(2)11-10-8-5-3-7(4-6-8)9(13)14;7-6-4-2-1-3-5-6/h3-6H,1-2H3,(H,13,14);6H,1-5,7H2. The maximum absolute atomic E-state index is 10.4. The highest BCUT2D eigenvalue weighted by molar-refractivity contribution is 5.86. The van der Waals surface area contributed by atoms with E-state index >= 15 is 0 Å². The second-order valence-electron chi connectivity index (χ2n) is 5.38. The third-order valence-electron chi connectivity index (χ3n) is 3.17. The highest BCUT2D eigenvalue weighted by Crippen LogP contribution is 2.14. The number of aromatic carboxylic acids is 1. The van der Waals surface area contributed by atoms with E-state index < -0.39 is 5.97 Å². The smallest absolute Gasteiger partial charge is 0.0874 e. The topological polar surface area (TPSA) is 95.7 Å². The first-order valence-corrected chi connectivity index (χ1v) is 7.22. The predicted molar refractivity (Wildman–Crippen MR) is 78.7 cm³/mol. The molecule has 0 aliphatic heterocycles. The fraction of sp³-hybridized carbons (Fsp3) is 0.533. The van der Waals surface area contributed by atoms with Crippen molar-refractivity contribution in [3.8, 4) is 0 Å². The van der Waals surface area contributed by atoms with Crippen molar-refractivity contribution >= 4 is 11.7 Å². The number of hydrogen-bond donors (Lipinski definition) is 1. The quantitative estimate of drug-likeness (QED) is 0.669. The van der Waals surface area contributed by atoms with Crippen LogP contribution in [0, 0.1) is 0 Å². The Kier molecular flexibility index (Phi) is 7.39. The van der Waals surface area contributed by atoms with E-state index in [1.54, 1.807) is 31.2 Å². The number of nitrogens with zero attached hydrogens (tertiary/aromatic N) is 3. The molecular formula is C15H24N4O2. The van der Waals surface area contributed by atoms with Gasteiger partial charge < -0.3 is 15.6 Å². The minimum atomic E-state index is -1.19. The van der Waals surface area contributed by atoms with E-state index in [1.807, 2.05) is 0 Å². The number of carbonyl (C=O) groups is 1. The second-order valence-corrected chi connectivity index (χ2v) is 5.38. The van der Waals surface area contributed by atoms with Gasteiger partial charge in [-0.3, -0.25) is 5.01 Å². The zero-order valence-corrected chi connectivity index (χ0v) is 12.8. The molecule has 116 valence electrons. The van der Waals surface area contributed by atoms with E-state index in [2.05, 4.69) is 16.1 Å². The van der Waals surface area contributed by atoms with Gasteiger partial charge in [0.25, 0.3) is 0 Å². The van der Waals surface area contributed by atoms with Gasteiger partial charge in [-0.1, -0.05) is 23.8 Å². The summed E-state index contributed by atoms with van der Waals surface area (Å²) >= 11 is 0. The van der Waals surface area contributed by atoms with Gasteiger partial charge in [0.05, 0.1) is 17.7 Å². The number of hydrogen-bond acceptors (Lipinski definition) is 4. The van der Waals surface area contributed by atoms with Crippen LogP contribution in [0.3, 0.4) is 0 Å². The number of benzene rings is 1. The van der Waals surface area contributed by atoms with Gasteiger partial charge in [-0.25, -0.2) is 0 Å². The molecule has 2 rings (SSSR count). The van der Waals surface area contributed by atoms with Crippen molar-refractivity contribution in [3.63, 3.8) is 0 Å². The molecule has 0 heterocycles. The lowest BCUT2D eigenvalue weighted by atomic mass is 9.97. The molecule has 1 aromatic carbocycles. The highest BCUT2D eigenvalue weighted by Gasteiger charge is 2.09. The zero-order valence-electron chi connectivity index (χ0n) is 12.8. The van der Waals surface area contributed by atoms with Crippen LogP contribution in [-0.4, -0.2) is 31.1 Å².